The van der Waals surface area contributed by atoms with Gasteiger partial charge in [-0.2, -0.15) is 8.78 Å². The Morgan fingerprint density at radius 2 is 2.17 bits per heavy atom. The zero-order chi connectivity index (χ0) is 16.9. The van der Waals surface area contributed by atoms with Gasteiger partial charge in [0.2, 0.25) is 0 Å². The summed E-state index contributed by atoms with van der Waals surface area (Å²) in [6.45, 7) is 0.0243. The molecule has 1 aromatic heterocycles. The summed E-state index contributed by atoms with van der Waals surface area (Å²) in [6.07, 6.45) is 3.48. The number of benzene rings is 1. The summed E-state index contributed by atoms with van der Waals surface area (Å²) in [4.78, 5) is 1.47. The summed E-state index contributed by atoms with van der Waals surface area (Å²) < 4.78 is 34.8. The van der Waals surface area contributed by atoms with Crippen LogP contribution < -0.4 is 14.8 Å². The Bertz CT molecular complexity index is 675. The molecular weight excluding hydrogens is 332 g/mol. The van der Waals surface area contributed by atoms with Gasteiger partial charge in [0.15, 0.2) is 11.5 Å². The number of rotatable bonds is 7. The van der Waals surface area contributed by atoms with Gasteiger partial charge in [-0.3, -0.25) is 0 Å². The lowest BCUT2D eigenvalue weighted by Gasteiger charge is -2.24. The van der Waals surface area contributed by atoms with E-state index >= 15 is 0 Å². The average Bonchev–Trinajstić information content (AvgIpc) is 3.04. The third kappa shape index (κ3) is 4.05. The molecule has 1 unspecified atom stereocenters. The van der Waals surface area contributed by atoms with Crippen LogP contribution in [0, 0.1) is 0 Å². The SMILES string of the molecule is CCOc1cc(CNC2CCCc3sccc32)ccc1OC(F)F. The first-order valence-electron chi connectivity index (χ1n) is 8.17. The molecule has 0 saturated carbocycles. The number of halogens is 2. The second-order valence-electron chi connectivity index (χ2n) is 5.72. The third-order valence-electron chi connectivity index (χ3n) is 4.13. The second-order valence-corrected chi connectivity index (χ2v) is 6.72. The van der Waals surface area contributed by atoms with Crippen LogP contribution >= 0.6 is 11.3 Å². The first-order valence-corrected chi connectivity index (χ1v) is 9.05. The molecule has 1 aliphatic rings. The van der Waals surface area contributed by atoms with Crippen LogP contribution in [-0.2, 0) is 13.0 Å². The van der Waals surface area contributed by atoms with Gasteiger partial charge in [0.05, 0.1) is 6.61 Å². The van der Waals surface area contributed by atoms with Crippen molar-refractivity contribution in [2.75, 3.05) is 6.61 Å². The summed E-state index contributed by atoms with van der Waals surface area (Å²) in [5.74, 6) is 0.436. The molecule has 24 heavy (non-hydrogen) atoms. The van der Waals surface area contributed by atoms with Crippen LogP contribution in [0.1, 0.15) is 41.8 Å². The lowest BCUT2D eigenvalue weighted by atomic mass is 9.94. The second kappa shape index (κ2) is 7.94. The van der Waals surface area contributed by atoms with Crippen LogP contribution in [0.3, 0.4) is 0 Å². The number of alkyl halides is 2. The molecule has 3 rings (SSSR count). The number of hydrogen-bond donors (Lipinski definition) is 1. The standard InChI is InChI=1S/C18H21F2NO2S/c1-2-22-16-10-12(6-7-15(16)23-18(19)20)11-21-14-4-3-5-17-13(14)8-9-24-17/h6-10,14,18,21H,2-5,11H2,1H3. The van der Waals surface area contributed by atoms with Crippen LogP contribution in [0.5, 0.6) is 11.5 Å². The van der Waals surface area contributed by atoms with Gasteiger partial charge in [0.1, 0.15) is 0 Å². The van der Waals surface area contributed by atoms with Crippen LogP contribution in [0.4, 0.5) is 8.78 Å². The van der Waals surface area contributed by atoms with Gasteiger partial charge in [-0.05, 0) is 60.9 Å². The van der Waals surface area contributed by atoms with E-state index in [-0.39, 0.29) is 5.75 Å². The third-order valence-corrected chi connectivity index (χ3v) is 5.13. The maximum atomic E-state index is 12.5. The lowest BCUT2D eigenvalue weighted by Crippen LogP contribution is -2.23. The Kier molecular flexibility index (Phi) is 5.68. The molecule has 130 valence electrons. The summed E-state index contributed by atoms with van der Waals surface area (Å²) in [7, 11) is 0. The molecule has 6 heteroatoms. The first kappa shape index (κ1) is 17.2. The molecule has 0 amide bonds. The molecule has 1 atom stereocenters. The fraction of sp³-hybridized carbons (Fsp3) is 0.444. The summed E-state index contributed by atoms with van der Waals surface area (Å²) in [5, 5.41) is 5.72. The lowest BCUT2D eigenvalue weighted by molar-refractivity contribution is -0.0514. The highest BCUT2D eigenvalue weighted by atomic mass is 32.1. The van der Waals surface area contributed by atoms with Crippen molar-refractivity contribution < 1.29 is 18.3 Å². The number of aryl methyl sites for hydroxylation is 1. The van der Waals surface area contributed by atoms with Crippen LogP contribution in [0.2, 0.25) is 0 Å². The molecule has 0 saturated heterocycles. The van der Waals surface area contributed by atoms with E-state index < -0.39 is 6.61 Å². The highest BCUT2D eigenvalue weighted by molar-refractivity contribution is 7.10. The molecule has 0 spiro atoms. The van der Waals surface area contributed by atoms with Crippen molar-refractivity contribution in [2.24, 2.45) is 0 Å². The largest absolute Gasteiger partial charge is 0.490 e. The predicted octanol–water partition coefficient (Wildman–Crippen LogP) is 4.92. The van der Waals surface area contributed by atoms with Gasteiger partial charge in [0.25, 0.3) is 0 Å². The molecule has 0 fully saturated rings. The van der Waals surface area contributed by atoms with Crippen molar-refractivity contribution in [3.8, 4) is 11.5 Å². The minimum atomic E-state index is -2.85. The van der Waals surface area contributed by atoms with Gasteiger partial charge in [-0.1, -0.05) is 6.07 Å². The minimum absolute atomic E-state index is 0.0772. The molecular formula is C18H21F2NO2S. The van der Waals surface area contributed by atoms with E-state index in [0.29, 0.717) is 24.9 Å². The van der Waals surface area contributed by atoms with Gasteiger partial charge < -0.3 is 14.8 Å². The Hall–Kier alpha value is -1.66. The van der Waals surface area contributed by atoms with Crippen molar-refractivity contribution in [2.45, 2.75) is 45.4 Å². The monoisotopic (exact) mass is 353 g/mol. The molecule has 3 nitrogen and oxygen atoms in total. The fourth-order valence-corrected chi connectivity index (χ4v) is 4.05. The van der Waals surface area contributed by atoms with E-state index in [1.54, 1.807) is 18.2 Å². The predicted molar refractivity (Wildman–Crippen MR) is 91.1 cm³/mol. The Balaban J connectivity index is 1.68. The van der Waals surface area contributed by atoms with Gasteiger partial charge >= 0.3 is 6.61 Å². The number of ether oxygens (including phenoxy) is 2. The smallest absolute Gasteiger partial charge is 0.387 e. The van der Waals surface area contributed by atoms with E-state index in [4.69, 9.17) is 4.74 Å². The van der Waals surface area contributed by atoms with Crippen molar-refractivity contribution in [1.82, 2.24) is 5.32 Å². The molecule has 1 aromatic carbocycles. The Labute approximate surface area is 144 Å². The van der Waals surface area contributed by atoms with E-state index in [1.165, 1.54) is 23.3 Å². The zero-order valence-electron chi connectivity index (χ0n) is 13.6. The summed E-state index contributed by atoms with van der Waals surface area (Å²) in [6, 6.07) is 7.66. The minimum Gasteiger partial charge on any atom is -0.490 e. The summed E-state index contributed by atoms with van der Waals surface area (Å²) >= 11 is 1.82. The van der Waals surface area contributed by atoms with Crippen LogP contribution in [0.25, 0.3) is 0 Å². The van der Waals surface area contributed by atoms with E-state index in [2.05, 4.69) is 21.5 Å². The van der Waals surface area contributed by atoms with E-state index in [9.17, 15) is 8.78 Å². The van der Waals surface area contributed by atoms with Crippen molar-refractivity contribution in [3.63, 3.8) is 0 Å². The highest BCUT2D eigenvalue weighted by Crippen LogP contribution is 2.34. The molecule has 0 bridgehead atoms. The normalized spacial score (nSPS) is 16.9. The van der Waals surface area contributed by atoms with Crippen LogP contribution in [-0.4, -0.2) is 13.2 Å². The fourth-order valence-electron chi connectivity index (χ4n) is 3.06. The maximum absolute atomic E-state index is 12.5. The average molecular weight is 353 g/mol. The Morgan fingerprint density at radius 3 is 2.96 bits per heavy atom. The Morgan fingerprint density at radius 1 is 1.29 bits per heavy atom. The number of nitrogens with one attached hydrogen (secondary N) is 1. The molecule has 1 heterocycles. The van der Waals surface area contributed by atoms with Crippen molar-refractivity contribution in [3.05, 3.63) is 45.6 Å². The molecule has 0 radical (unpaired) electrons. The molecule has 0 aliphatic heterocycles. The van der Waals surface area contributed by atoms with E-state index in [1.807, 2.05) is 18.3 Å². The summed E-state index contributed by atoms with van der Waals surface area (Å²) in [5.41, 5.74) is 2.39. The zero-order valence-corrected chi connectivity index (χ0v) is 14.4. The number of hydrogen-bond acceptors (Lipinski definition) is 4. The molecule has 1 aliphatic carbocycles. The van der Waals surface area contributed by atoms with Gasteiger partial charge in [0, 0.05) is 17.5 Å². The quantitative estimate of drug-likeness (QED) is 0.767. The topological polar surface area (TPSA) is 30.5 Å². The first-order chi connectivity index (χ1) is 11.7. The number of fused-ring (bicyclic) bond motifs is 1. The van der Waals surface area contributed by atoms with Crippen molar-refractivity contribution in [1.29, 1.82) is 0 Å². The maximum Gasteiger partial charge on any atom is 0.387 e. The van der Waals surface area contributed by atoms with Gasteiger partial charge in [-0.15, -0.1) is 11.3 Å². The van der Waals surface area contributed by atoms with E-state index in [0.717, 1.165) is 12.0 Å². The van der Waals surface area contributed by atoms with Crippen molar-refractivity contribution >= 4 is 11.3 Å². The molecule has 2 aromatic rings. The molecule has 1 N–H and O–H groups in total. The van der Waals surface area contributed by atoms with Crippen LogP contribution in [0.15, 0.2) is 29.6 Å². The number of thiophene rings is 1. The van der Waals surface area contributed by atoms with Gasteiger partial charge in [-0.25, -0.2) is 0 Å². The highest BCUT2D eigenvalue weighted by Gasteiger charge is 2.20.